The van der Waals surface area contributed by atoms with Crippen LogP contribution >= 0.6 is 35.3 Å². The largest absolute Gasteiger partial charge is 0.356 e. The van der Waals surface area contributed by atoms with Crippen LogP contribution in [0, 0.1) is 0 Å². The maximum atomic E-state index is 11.9. The fraction of sp³-hybridized carbons (Fsp3) is 0.353. The summed E-state index contributed by atoms with van der Waals surface area (Å²) in [5.74, 6) is 1.08. The van der Waals surface area contributed by atoms with Crippen LogP contribution in [-0.4, -0.2) is 35.0 Å². The molecular weight excluding hydrogens is 483 g/mol. The molecule has 2 aromatic rings. The molecule has 1 heterocycles. The molecule has 26 heavy (non-hydrogen) atoms. The van der Waals surface area contributed by atoms with Crippen LogP contribution in [0.2, 0.25) is 0 Å². The minimum atomic E-state index is -3.43. The van der Waals surface area contributed by atoms with Crippen LogP contribution in [0.25, 0.3) is 0 Å². The van der Waals surface area contributed by atoms with Gasteiger partial charge in [-0.25, -0.2) is 13.1 Å². The van der Waals surface area contributed by atoms with Crippen molar-refractivity contribution >= 4 is 51.3 Å². The summed E-state index contributed by atoms with van der Waals surface area (Å²) in [5.41, 5.74) is 0.866. The van der Waals surface area contributed by atoms with E-state index in [1.165, 1.54) is 11.9 Å². The van der Waals surface area contributed by atoms with E-state index in [2.05, 4.69) is 44.8 Å². The normalized spacial score (nSPS) is 13.0. The zero-order valence-corrected chi connectivity index (χ0v) is 19.0. The number of nitrogens with zero attached hydrogens (tertiary/aromatic N) is 1. The van der Waals surface area contributed by atoms with Gasteiger partial charge in [-0.2, -0.15) is 0 Å². The number of guanidine groups is 1. The molecule has 1 atom stereocenters. The van der Waals surface area contributed by atoms with E-state index in [0.29, 0.717) is 18.4 Å². The Bertz CT molecular complexity index is 808. The monoisotopic (exact) mass is 508 g/mol. The number of benzene rings is 1. The standard InChI is InChI=1S/C17H24N4O2S2.HI/c1-13(16-8-5-9-24-16)11-20-17(18-2)21-12-14-6-4-7-15(10-14)25(22,23)19-3;/h4-10,13,19H,11-12H2,1-3H3,(H2,18,20,21);1H. The molecule has 0 amide bonds. The molecule has 0 fully saturated rings. The number of nitrogens with one attached hydrogen (secondary N) is 3. The fourth-order valence-electron chi connectivity index (χ4n) is 2.27. The van der Waals surface area contributed by atoms with Crippen molar-refractivity contribution < 1.29 is 8.42 Å². The van der Waals surface area contributed by atoms with Crippen molar-refractivity contribution in [3.63, 3.8) is 0 Å². The number of rotatable bonds is 7. The SMILES string of the molecule is CN=C(NCc1cccc(S(=O)(=O)NC)c1)NCC(C)c1cccs1.I. The molecule has 0 saturated heterocycles. The molecule has 0 radical (unpaired) electrons. The van der Waals surface area contributed by atoms with Crippen LogP contribution in [0.3, 0.4) is 0 Å². The lowest BCUT2D eigenvalue weighted by Crippen LogP contribution is -2.38. The van der Waals surface area contributed by atoms with Crippen LogP contribution in [-0.2, 0) is 16.6 Å². The Labute approximate surface area is 176 Å². The van der Waals surface area contributed by atoms with Gasteiger partial charge >= 0.3 is 0 Å². The number of aliphatic imine (C=N–C) groups is 1. The molecule has 6 nitrogen and oxygen atoms in total. The van der Waals surface area contributed by atoms with Crippen molar-refractivity contribution in [1.29, 1.82) is 0 Å². The van der Waals surface area contributed by atoms with Crippen molar-refractivity contribution in [2.45, 2.75) is 24.3 Å². The van der Waals surface area contributed by atoms with Crippen molar-refractivity contribution in [3.8, 4) is 0 Å². The van der Waals surface area contributed by atoms with Gasteiger partial charge in [-0.15, -0.1) is 35.3 Å². The zero-order valence-electron chi connectivity index (χ0n) is 15.0. The summed E-state index contributed by atoms with van der Waals surface area (Å²) in [6, 6.07) is 11.0. The highest BCUT2D eigenvalue weighted by Crippen LogP contribution is 2.19. The Morgan fingerprint density at radius 2 is 2.00 bits per heavy atom. The average molecular weight is 508 g/mol. The third-order valence-corrected chi connectivity index (χ3v) is 6.28. The lowest BCUT2D eigenvalue weighted by Gasteiger charge is -2.15. The third kappa shape index (κ3) is 6.53. The zero-order chi connectivity index (χ0) is 18.3. The average Bonchev–Trinajstić information content (AvgIpc) is 3.16. The van der Waals surface area contributed by atoms with Crippen molar-refractivity contribution in [2.24, 2.45) is 4.99 Å². The Balaban J connectivity index is 0.00000338. The molecule has 144 valence electrons. The summed E-state index contributed by atoms with van der Waals surface area (Å²) in [7, 11) is -0.315. The predicted molar refractivity (Wildman–Crippen MR) is 119 cm³/mol. The molecule has 0 aliphatic rings. The molecule has 0 bridgehead atoms. The molecule has 2 rings (SSSR count). The molecule has 1 aromatic heterocycles. The molecule has 1 unspecified atom stereocenters. The Morgan fingerprint density at radius 3 is 2.62 bits per heavy atom. The van der Waals surface area contributed by atoms with E-state index in [4.69, 9.17) is 0 Å². The second-order valence-corrected chi connectivity index (χ2v) is 8.44. The highest BCUT2D eigenvalue weighted by molar-refractivity contribution is 14.0. The second kappa shape index (κ2) is 10.9. The Morgan fingerprint density at radius 1 is 1.23 bits per heavy atom. The minimum Gasteiger partial charge on any atom is -0.356 e. The molecule has 9 heteroatoms. The van der Waals surface area contributed by atoms with E-state index in [1.54, 1.807) is 36.6 Å². The fourth-order valence-corrected chi connectivity index (χ4v) is 3.86. The lowest BCUT2D eigenvalue weighted by atomic mass is 10.1. The summed E-state index contributed by atoms with van der Waals surface area (Å²) in [6.07, 6.45) is 0. The quantitative estimate of drug-likeness (QED) is 0.305. The maximum Gasteiger partial charge on any atom is 0.240 e. The molecule has 0 saturated carbocycles. The van der Waals surface area contributed by atoms with Gasteiger partial charge in [0.2, 0.25) is 10.0 Å². The second-order valence-electron chi connectivity index (χ2n) is 5.58. The number of hydrogen-bond acceptors (Lipinski definition) is 4. The molecule has 0 aliphatic carbocycles. The van der Waals surface area contributed by atoms with Gasteiger partial charge in [-0.05, 0) is 36.2 Å². The van der Waals surface area contributed by atoms with Crippen molar-refractivity contribution in [3.05, 3.63) is 52.2 Å². The summed E-state index contributed by atoms with van der Waals surface area (Å²) >= 11 is 1.74. The first-order chi connectivity index (χ1) is 12.0. The third-order valence-electron chi connectivity index (χ3n) is 3.77. The number of halogens is 1. The van der Waals surface area contributed by atoms with Gasteiger partial charge in [0.25, 0.3) is 0 Å². The van der Waals surface area contributed by atoms with E-state index in [-0.39, 0.29) is 28.9 Å². The summed E-state index contributed by atoms with van der Waals surface area (Å²) < 4.78 is 26.1. The van der Waals surface area contributed by atoms with E-state index in [1.807, 2.05) is 6.07 Å². The van der Waals surface area contributed by atoms with Gasteiger partial charge in [0.05, 0.1) is 4.90 Å². The lowest BCUT2D eigenvalue weighted by molar-refractivity contribution is 0.588. The first kappa shape index (κ1) is 22.9. The summed E-state index contributed by atoms with van der Waals surface area (Å²) in [4.78, 5) is 5.79. The van der Waals surface area contributed by atoms with Crippen LogP contribution in [0.5, 0.6) is 0 Å². The highest BCUT2D eigenvalue weighted by atomic mass is 127. The van der Waals surface area contributed by atoms with E-state index in [9.17, 15) is 8.42 Å². The van der Waals surface area contributed by atoms with Gasteiger partial charge in [0.15, 0.2) is 5.96 Å². The molecular formula is C17H25IN4O2S2. The molecule has 0 spiro atoms. The number of thiophene rings is 1. The van der Waals surface area contributed by atoms with Crippen LogP contribution in [0.4, 0.5) is 0 Å². The van der Waals surface area contributed by atoms with Gasteiger partial charge in [-0.3, -0.25) is 4.99 Å². The number of sulfonamides is 1. The van der Waals surface area contributed by atoms with Gasteiger partial charge in [-0.1, -0.05) is 25.1 Å². The van der Waals surface area contributed by atoms with Crippen molar-refractivity contribution in [2.75, 3.05) is 20.6 Å². The van der Waals surface area contributed by atoms with E-state index < -0.39 is 10.0 Å². The smallest absolute Gasteiger partial charge is 0.240 e. The summed E-state index contributed by atoms with van der Waals surface area (Å²) in [6.45, 7) is 3.42. The molecule has 1 aromatic carbocycles. The summed E-state index contributed by atoms with van der Waals surface area (Å²) in [5, 5.41) is 8.58. The Hall–Kier alpha value is -1.17. The van der Waals surface area contributed by atoms with Crippen LogP contribution < -0.4 is 15.4 Å². The highest BCUT2D eigenvalue weighted by Gasteiger charge is 2.12. The van der Waals surface area contributed by atoms with Crippen LogP contribution in [0.1, 0.15) is 23.3 Å². The molecule has 0 aliphatic heterocycles. The topological polar surface area (TPSA) is 82.6 Å². The predicted octanol–water partition coefficient (Wildman–Crippen LogP) is 2.74. The minimum absolute atomic E-state index is 0. The first-order valence-corrected chi connectivity index (χ1v) is 10.3. The maximum absolute atomic E-state index is 11.9. The van der Waals surface area contributed by atoms with Gasteiger partial charge in [0.1, 0.15) is 0 Å². The van der Waals surface area contributed by atoms with Crippen LogP contribution in [0.15, 0.2) is 51.7 Å². The van der Waals surface area contributed by atoms with E-state index in [0.717, 1.165) is 12.1 Å². The van der Waals surface area contributed by atoms with E-state index >= 15 is 0 Å². The van der Waals surface area contributed by atoms with Gasteiger partial charge < -0.3 is 10.6 Å². The number of hydrogen-bond donors (Lipinski definition) is 3. The first-order valence-electron chi connectivity index (χ1n) is 7.96. The Kier molecular flexibility index (Phi) is 9.55. The molecule has 3 N–H and O–H groups in total. The van der Waals surface area contributed by atoms with Gasteiger partial charge in [0, 0.05) is 30.9 Å². The van der Waals surface area contributed by atoms with Crippen molar-refractivity contribution in [1.82, 2.24) is 15.4 Å².